The third-order valence-corrected chi connectivity index (χ3v) is 3.79. The molecule has 0 fully saturated rings. The van der Waals surface area contributed by atoms with Crippen molar-refractivity contribution < 1.29 is 24.6 Å². The van der Waals surface area contributed by atoms with Crippen molar-refractivity contribution in [2.75, 3.05) is 6.54 Å². The van der Waals surface area contributed by atoms with Gasteiger partial charge in [-0.2, -0.15) is 0 Å². The molecule has 1 rings (SSSR count). The van der Waals surface area contributed by atoms with E-state index in [0.29, 0.717) is 25.7 Å². The normalized spacial score (nSPS) is 12.9. The molecule has 4 N–H and O–H groups in total. The molecule has 2 amide bonds. The maximum Gasteiger partial charge on any atom is 0.404 e. The molecule has 0 saturated heterocycles. The number of aryl methyl sites for hydroxylation is 1. The lowest BCUT2D eigenvalue weighted by atomic mass is 10.0. The molecule has 0 spiro atoms. The maximum atomic E-state index is 11.8. The first-order chi connectivity index (χ1) is 11.9. The van der Waals surface area contributed by atoms with Crippen LogP contribution in [0.4, 0.5) is 4.79 Å². The van der Waals surface area contributed by atoms with E-state index in [9.17, 15) is 19.5 Å². The lowest BCUT2D eigenvalue weighted by Gasteiger charge is -2.12. The monoisotopic (exact) mass is 350 g/mol. The van der Waals surface area contributed by atoms with Crippen molar-refractivity contribution in [3.63, 3.8) is 0 Å². The Morgan fingerprint density at radius 1 is 1.12 bits per heavy atom. The van der Waals surface area contributed by atoms with E-state index in [-0.39, 0.29) is 24.9 Å². The fourth-order valence-electron chi connectivity index (χ4n) is 2.35. The van der Waals surface area contributed by atoms with Gasteiger partial charge in [-0.15, -0.1) is 0 Å². The summed E-state index contributed by atoms with van der Waals surface area (Å²) in [4.78, 5) is 33.9. The summed E-state index contributed by atoms with van der Waals surface area (Å²) in [5, 5.41) is 23.2. The van der Waals surface area contributed by atoms with Gasteiger partial charge in [-0.3, -0.25) is 9.59 Å². The highest BCUT2D eigenvalue weighted by Crippen LogP contribution is 2.05. The number of carbonyl (C=O) groups is 3. The molecule has 0 heterocycles. The zero-order chi connectivity index (χ0) is 18.7. The SMILES string of the molecule is C[C@@H](CCCC(=O)NCC(=O)C(O)CCc1ccccc1)NC(=O)O. The maximum absolute atomic E-state index is 11.8. The summed E-state index contributed by atoms with van der Waals surface area (Å²) in [6.07, 6.45) is -0.0233. The van der Waals surface area contributed by atoms with Crippen LogP contribution in [0.5, 0.6) is 0 Å². The van der Waals surface area contributed by atoms with Gasteiger partial charge in [-0.1, -0.05) is 30.3 Å². The smallest absolute Gasteiger partial charge is 0.404 e. The second-order valence-electron chi connectivity index (χ2n) is 6.03. The van der Waals surface area contributed by atoms with Gasteiger partial charge in [-0.25, -0.2) is 4.79 Å². The first kappa shape index (κ1) is 20.6. The first-order valence-electron chi connectivity index (χ1n) is 8.39. The van der Waals surface area contributed by atoms with Gasteiger partial charge in [-0.05, 0) is 38.2 Å². The van der Waals surface area contributed by atoms with E-state index in [4.69, 9.17) is 5.11 Å². The van der Waals surface area contributed by atoms with Crippen LogP contribution >= 0.6 is 0 Å². The van der Waals surface area contributed by atoms with Gasteiger partial charge < -0.3 is 20.8 Å². The molecule has 25 heavy (non-hydrogen) atoms. The summed E-state index contributed by atoms with van der Waals surface area (Å²) in [5.41, 5.74) is 1.04. The minimum atomic E-state index is -1.10. The van der Waals surface area contributed by atoms with Crippen LogP contribution in [0.2, 0.25) is 0 Å². The zero-order valence-corrected chi connectivity index (χ0v) is 14.4. The van der Waals surface area contributed by atoms with Crippen molar-refractivity contribution in [3.05, 3.63) is 35.9 Å². The van der Waals surface area contributed by atoms with Gasteiger partial charge in [0.1, 0.15) is 6.10 Å². The van der Waals surface area contributed by atoms with Crippen LogP contribution in [-0.2, 0) is 16.0 Å². The van der Waals surface area contributed by atoms with E-state index >= 15 is 0 Å². The highest BCUT2D eigenvalue weighted by Gasteiger charge is 2.16. The molecule has 1 aromatic carbocycles. The Labute approximate surface area is 147 Å². The molecule has 1 aromatic rings. The summed E-state index contributed by atoms with van der Waals surface area (Å²) >= 11 is 0. The molecule has 0 aromatic heterocycles. The number of nitrogens with one attached hydrogen (secondary N) is 2. The molecular formula is C18H26N2O5. The highest BCUT2D eigenvalue weighted by atomic mass is 16.4. The Hall–Kier alpha value is -2.41. The van der Waals surface area contributed by atoms with Crippen LogP contribution in [0, 0.1) is 0 Å². The number of hydrogen-bond acceptors (Lipinski definition) is 4. The predicted octanol–water partition coefficient (Wildman–Crippen LogP) is 1.49. The molecule has 0 aliphatic rings. The Balaban J connectivity index is 2.17. The first-order valence-corrected chi connectivity index (χ1v) is 8.39. The van der Waals surface area contributed by atoms with Crippen LogP contribution in [0.3, 0.4) is 0 Å². The topological polar surface area (TPSA) is 116 Å². The molecular weight excluding hydrogens is 324 g/mol. The van der Waals surface area contributed by atoms with Crippen molar-refractivity contribution in [1.29, 1.82) is 0 Å². The Bertz CT molecular complexity index is 562. The Morgan fingerprint density at radius 2 is 1.80 bits per heavy atom. The fourth-order valence-corrected chi connectivity index (χ4v) is 2.35. The summed E-state index contributed by atoms with van der Waals surface area (Å²) in [7, 11) is 0. The number of Topliss-reactive ketones (excluding diaryl/α,β-unsaturated/α-hetero) is 1. The quantitative estimate of drug-likeness (QED) is 0.483. The second kappa shape index (κ2) is 11.2. The molecule has 0 saturated carbocycles. The fraction of sp³-hybridized carbons (Fsp3) is 0.500. The largest absolute Gasteiger partial charge is 0.465 e. The van der Waals surface area contributed by atoms with Crippen molar-refractivity contribution in [2.45, 2.75) is 51.2 Å². The lowest BCUT2D eigenvalue weighted by Crippen LogP contribution is -2.35. The third kappa shape index (κ3) is 9.46. The molecule has 0 aliphatic carbocycles. The molecule has 138 valence electrons. The summed E-state index contributed by atoms with van der Waals surface area (Å²) in [6, 6.07) is 9.33. The van der Waals surface area contributed by atoms with Crippen LogP contribution in [0.1, 0.15) is 38.2 Å². The minimum Gasteiger partial charge on any atom is -0.465 e. The van der Waals surface area contributed by atoms with Gasteiger partial charge >= 0.3 is 6.09 Å². The average molecular weight is 350 g/mol. The molecule has 0 radical (unpaired) electrons. The molecule has 0 bridgehead atoms. The van der Waals surface area contributed by atoms with E-state index in [1.54, 1.807) is 6.92 Å². The van der Waals surface area contributed by atoms with Crippen molar-refractivity contribution in [2.24, 2.45) is 0 Å². The number of ketones is 1. The third-order valence-electron chi connectivity index (χ3n) is 3.79. The van der Waals surface area contributed by atoms with E-state index in [1.807, 2.05) is 30.3 Å². The molecule has 2 atom stereocenters. The van der Waals surface area contributed by atoms with E-state index in [0.717, 1.165) is 5.56 Å². The summed E-state index contributed by atoms with van der Waals surface area (Å²) in [5.74, 6) is -0.698. The Kier molecular flexibility index (Phi) is 9.24. The number of rotatable bonds is 11. The van der Waals surface area contributed by atoms with E-state index in [1.165, 1.54) is 0 Å². The van der Waals surface area contributed by atoms with Crippen molar-refractivity contribution in [3.8, 4) is 0 Å². The molecule has 7 nitrogen and oxygen atoms in total. The van der Waals surface area contributed by atoms with E-state index < -0.39 is 18.0 Å². The number of aliphatic hydroxyl groups is 1. The predicted molar refractivity (Wildman–Crippen MR) is 93.3 cm³/mol. The zero-order valence-electron chi connectivity index (χ0n) is 14.4. The molecule has 7 heteroatoms. The molecule has 0 aliphatic heterocycles. The number of benzene rings is 1. The second-order valence-corrected chi connectivity index (χ2v) is 6.03. The van der Waals surface area contributed by atoms with Gasteiger partial charge in [0.2, 0.25) is 5.91 Å². The number of aliphatic hydroxyl groups excluding tert-OH is 1. The van der Waals surface area contributed by atoms with Gasteiger partial charge in [0, 0.05) is 12.5 Å². The minimum absolute atomic E-state index is 0.197. The number of carboxylic acid groups (broad SMARTS) is 1. The van der Waals surface area contributed by atoms with Gasteiger partial charge in [0.25, 0.3) is 0 Å². The van der Waals surface area contributed by atoms with E-state index in [2.05, 4.69) is 10.6 Å². The summed E-state index contributed by atoms with van der Waals surface area (Å²) < 4.78 is 0. The van der Waals surface area contributed by atoms with Crippen LogP contribution in [0.15, 0.2) is 30.3 Å². The number of hydrogen-bond donors (Lipinski definition) is 4. The van der Waals surface area contributed by atoms with Crippen LogP contribution < -0.4 is 10.6 Å². The van der Waals surface area contributed by atoms with Crippen molar-refractivity contribution >= 4 is 17.8 Å². The van der Waals surface area contributed by atoms with Gasteiger partial charge in [0.05, 0.1) is 6.54 Å². The Morgan fingerprint density at radius 3 is 2.44 bits per heavy atom. The van der Waals surface area contributed by atoms with Gasteiger partial charge in [0.15, 0.2) is 5.78 Å². The number of amides is 2. The van der Waals surface area contributed by atoms with Crippen LogP contribution in [-0.4, -0.2) is 46.7 Å². The van der Waals surface area contributed by atoms with Crippen LogP contribution in [0.25, 0.3) is 0 Å². The lowest BCUT2D eigenvalue weighted by molar-refractivity contribution is -0.129. The molecule has 1 unspecified atom stereocenters. The standard InChI is InChI=1S/C18H26N2O5/c1-13(20-18(24)25)6-5-9-17(23)19-12-16(22)15(21)11-10-14-7-3-2-4-8-14/h2-4,7-8,13,15,20-21H,5-6,9-12H2,1H3,(H,19,23)(H,24,25)/t13-,15?/m0/s1. The number of carbonyl (C=O) groups excluding carboxylic acids is 2. The average Bonchev–Trinajstić information content (AvgIpc) is 2.57. The summed E-state index contributed by atoms with van der Waals surface area (Å²) in [6.45, 7) is 1.52. The highest BCUT2D eigenvalue weighted by molar-refractivity contribution is 5.88. The van der Waals surface area contributed by atoms with Crippen molar-refractivity contribution in [1.82, 2.24) is 10.6 Å².